The Bertz CT molecular complexity index is 755. The molecule has 0 atom stereocenters. The molecule has 0 radical (unpaired) electrons. The molecule has 1 amide bonds. The maximum absolute atomic E-state index is 13.8. The van der Waals surface area contributed by atoms with Crippen LogP contribution in [0.2, 0.25) is 5.02 Å². The Kier molecular flexibility index (Phi) is 6.25. The van der Waals surface area contributed by atoms with Gasteiger partial charge in [0.1, 0.15) is 5.82 Å². The molecular formula is C20H23ClFN3O. The molecular weight excluding hydrogens is 353 g/mol. The number of benzene rings is 2. The Morgan fingerprint density at radius 2 is 1.88 bits per heavy atom. The zero-order valence-corrected chi connectivity index (χ0v) is 15.6. The molecule has 0 aliphatic carbocycles. The number of carbonyl (C=O) groups excluding carboxylic acids is 1. The number of halogens is 2. The van der Waals surface area contributed by atoms with Crippen molar-refractivity contribution in [2.75, 3.05) is 38.5 Å². The Hall–Kier alpha value is -1.95. The second-order valence-corrected chi connectivity index (χ2v) is 7.11. The zero-order valence-electron chi connectivity index (χ0n) is 14.8. The fraction of sp³-hybridized carbons (Fsp3) is 0.350. The number of hydrogen-bond donors (Lipinski definition) is 1. The van der Waals surface area contributed by atoms with Crippen molar-refractivity contribution >= 4 is 23.2 Å². The van der Waals surface area contributed by atoms with Gasteiger partial charge in [-0.1, -0.05) is 29.8 Å². The summed E-state index contributed by atoms with van der Waals surface area (Å²) in [5.74, 6) is -0.745. The van der Waals surface area contributed by atoms with Crippen LogP contribution >= 0.6 is 11.6 Å². The number of carbonyl (C=O) groups is 1. The van der Waals surface area contributed by atoms with Gasteiger partial charge in [-0.15, -0.1) is 0 Å². The van der Waals surface area contributed by atoms with E-state index in [4.69, 9.17) is 11.6 Å². The first-order chi connectivity index (χ1) is 12.5. The minimum absolute atomic E-state index is 0.0891. The minimum Gasteiger partial charge on any atom is -0.326 e. The Morgan fingerprint density at radius 1 is 1.15 bits per heavy atom. The summed E-state index contributed by atoms with van der Waals surface area (Å²) in [6, 6.07) is 12.2. The molecule has 0 spiro atoms. The van der Waals surface area contributed by atoms with E-state index in [1.54, 1.807) is 6.07 Å². The van der Waals surface area contributed by atoms with Crippen molar-refractivity contribution in [3.8, 4) is 0 Å². The summed E-state index contributed by atoms with van der Waals surface area (Å²) in [5.41, 5.74) is 2.09. The molecule has 4 nitrogen and oxygen atoms in total. The maximum atomic E-state index is 13.8. The van der Waals surface area contributed by atoms with Crippen LogP contribution in [0.25, 0.3) is 0 Å². The fourth-order valence-corrected chi connectivity index (χ4v) is 3.31. The van der Waals surface area contributed by atoms with Gasteiger partial charge in [-0.05, 0) is 36.9 Å². The molecule has 0 bridgehead atoms. The average molecular weight is 376 g/mol. The van der Waals surface area contributed by atoms with E-state index in [1.165, 1.54) is 12.1 Å². The predicted octanol–water partition coefficient (Wildman–Crippen LogP) is 3.41. The molecule has 0 unspecified atom stereocenters. The van der Waals surface area contributed by atoms with Gasteiger partial charge in [0.15, 0.2) is 0 Å². The Morgan fingerprint density at radius 3 is 2.62 bits per heavy atom. The molecule has 1 saturated heterocycles. The van der Waals surface area contributed by atoms with Gasteiger partial charge in [0.25, 0.3) is 0 Å². The summed E-state index contributed by atoms with van der Waals surface area (Å²) in [7, 11) is 2.13. The van der Waals surface area contributed by atoms with Crippen LogP contribution in [0, 0.1) is 5.82 Å². The SMILES string of the molecule is CN1CCN(Cc2cccc(NC(=O)Cc3c(F)cccc3Cl)c2)CC1. The zero-order chi connectivity index (χ0) is 18.5. The molecule has 1 fully saturated rings. The van der Waals surface area contributed by atoms with E-state index >= 15 is 0 Å². The molecule has 1 aliphatic heterocycles. The highest BCUT2D eigenvalue weighted by Gasteiger charge is 2.15. The first kappa shape index (κ1) is 18.8. The van der Waals surface area contributed by atoms with Crippen LogP contribution in [0.15, 0.2) is 42.5 Å². The lowest BCUT2D eigenvalue weighted by atomic mass is 10.1. The first-order valence-electron chi connectivity index (χ1n) is 8.74. The minimum atomic E-state index is -0.462. The lowest BCUT2D eigenvalue weighted by Crippen LogP contribution is -2.43. The normalized spacial score (nSPS) is 15.8. The van der Waals surface area contributed by atoms with Gasteiger partial charge in [0.05, 0.1) is 6.42 Å². The van der Waals surface area contributed by atoms with Crippen LogP contribution in [-0.4, -0.2) is 48.9 Å². The molecule has 2 aromatic carbocycles. The van der Waals surface area contributed by atoms with E-state index in [2.05, 4.69) is 28.2 Å². The molecule has 1 aliphatic rings. The van der Waals surface area contributed by atoms with Crippen molar-refractivity contribution in [3.63, 3.8) is 0 Å². The van der Waals surface area contributed by atoms with E-state index in [1.807, 2.05) is 18.2 Å². The highest BCUT2D eigenvalue weighted by atomic mass is 35.5. The lowest BCUT2D eigenvalue weighted by molar-refractivity contribution is -0.115. The molecule has 1 heterocycles. The van der Waals surface area contributed by atoms with Gasteiger partial charge < -0.3 is 10.2 Å². The van der Waals surface area contributed by atoms with Crippen LogP contribution in [-0.2, 0) is 17.8 Å². The first-order valence-corrected chi connectivity index (χ1v) is 9.11. The second kappa shape index (κ2) is 8.62. The van der Waals surface area contributed by atoms with Crippen LogP contribution in [0.3, 0.4) is 0 Å². The van der Waals surface area contributed by atoms with Gasteiger partial charge >= 0.3 is 0 Å². The van der Waals surface area contributed by atoms with Gasteiger partial charge in [0, 0.05) is 49.0 Å². The molecule has 138 valence electrons. The number of amides is 1. The van der Waals surface area contributed by atoms with Gasteiger partial charge in [-0.25, -0.2) is 4.39 Å². The third kappa shape index (κ3) is 5.04. The van der Waals surface area contributed by atoms with E-state index in [9.17, 15) is 9.18 Å². The second-order valence-electron chi connectivity index (χ2n) is 6.70. The highest BCUT2D eigenvalue weighted by Crippen LogP contribution is 2.20. The van der Waals surface area contributed by atoms with Gasteiger partial charge in [0.2, 0.25) is 5.91 Å². The molecule has 2 aromatic rings. The average Bonchev–Trinajstić information content (AvgIpc) is 2.61. The highest BCUT2D eigenvalue weighted by molar-refractivity contribution is 6.31. The number of piperazine rings is 1. The van der Waals surface area contributed by atoms with Crippen LogP contribution in [0.5, 0.6) is 0 Å². The predicted molar refractivity (Wildman–Crippen MR) is 103 cm³/mol. The summed E-state index contributed by atoms with van der Waals surface area (Å²) in [4.78, 5) is 17.0. The Balaban J connectivity index is 1.60. The standard InChI is InChI=1S/C20H23ClFN3O/c1-24-8-10-25(11-9-24)14-15-4-2-5-16(12-15)23-20(26)13-17-18(21)6-3-7-19(17)22/h2-7,12H,8-11,13-14H2,1H3,(H,23,26). The van der Waals surface area contributed by atoms with E-state index in [-0.39, 0.29) is 22.9 Å². The number of nitrogens with one attached hydrogen (secondary N) is 1. The summed E-state index contributed by atoms with van der Waals surface area (Å²) in [6.07, 6.45) is -0.0891. The summed E-state index contributed by atoms with van der Waals surface area (Å²) in [5, 5.41) is 3.11. The van der Waals surface area contributed by atoms with Crippen molar-refractivity contribution in [2.45, 2.75) is 13.0 Å². The molecule has 0 saturated carbocycles. The fourth-order valence-electron chi connectivity index (χ4n) is 3.08. The van der Waals surface area contributed by atoms with Crippen molar-refractivity contribution < 1.29 is 9.18 Å². The molecule has 6 heteroatoms. The van der Waals surface area contributed by atoms with Crippen molar-refractivity contribution in [2.24, 2.45) is 0 Å². The van der Waals surface area contributed by atoms with Crippen LogP contribution in [0.4, 0.5) is 10.1 Å². The lowest BCUT2D eigenvalue weighted by Gasteiger charge is -2.32. The third-order valence-electron chi connectivity index (χ3n) is 4.61. The van der Waals surface area contributed by atoms with E-state index in [0.717, 1.165) is 38.3 Å². The monoisotopic (exact) mass is 375 g/mol. The number of hydrogen-bond acceptors (Lipinski definition) is 3. The quantitative estimate of drug-likeness (QED) is 0.869. The maximum Gasteiger partial charge on any atom is 0.228 e. The van der Waals surface area contributed by atoms with E-state index < -0.39 is 5.82 Å². The molecule has 26 heavy (non-hydrogen) atoms. The molecule has 3 rings (SSSR count). The van der Waals surface area contributed by atoms with Crippen LogP contribution < -0.4 is 5.32 Å². The van der Waals surface area contributed by atoms with Crippen LogP contribution in [0.1, 0.15) is 11.1 Å². The van der Waals surface area contributed by atoms with Crippen molar-refractivity contribution in [1.29, 1.82) is 0 Å². The van der Waals surface area contributed by atoms with Crippen molar-refractivity contribution in [3.05, 3.63) is 64.4 Å². The topological polar surface area (TPSA) is 35.6 Å². The van der Waals surface area contributed by atoms with E-state index in [0.29, 0.717) is 5.69 Å². The molecule has 1 N–H and O–H groups in total. The molecule has 0 aromatic heterocycles. The smallest absolute Gasteiger partial charge is 0.228 e. The largest absolute Gasteiger partial charge is 0.326 e. The van der Waals surface area contributed by atoms with Crippen molar-refractivity contribution in [1.82, 2.24) is 9.80 Å². The summed E-state index contributed by atoms with van der Waals surface area (Å²) in [6.45, 7) is 5.08. The number of nitrogens with zero attached hydrogens (tertiary/aromatic N) is 2. The van der Waals surface area contributed by atoms with Gasteiger partial charge in [-0.3, -0.25) is 9.69 Å². The van der Waals surface area contributed by atoms with Gasteiger partial charge in [-0.2, -0.15) is 0 Å². The number of anilines is 1. The summed E-state index contributed by atoms with van der Waals surface area (Å²) < 4.78 is 13.8. The Labute approximate surface area is 158 Å². The number of likely N-dealkylation sites (N-methyl/N-ethyl adjacent to an activating group) is 1. The third-order valence-corrected chi connectivity index (χ3v) is 4.97. The summed E-state index contributed by atoms with van der Waals surface area (Å²) >= 11 is 5.99. The number of rotatable bonds is 5.